The van der Waals surface area contributed by atoms with E-state index < -0.39 is 0 Å². The van der Waals surface area contributed by atoms with Gasteiger partial charge in [0.25, 0.3) is 0 Å². The lowest BCUT2D eigenvalue weighted by molar-refractivity contribution is -0.118. The van der Waals surface area contributed by atoms with Crippen LogP contribution >= 0.6 is 0 Å². The molecule has 0 bridgehead atoms. The molecule has 2 nitrogen and oxygen atoms in total. The van der Waals surface area contributed by atoms with E-state index in [-0.39, 0.29) is 5.91 Å². The van der Waals surface area contributed by atoms with Crippen LogP contribution in [0.4, 0.5) is 0 Å². The summed E-state index contributed by atoms with van der Waals surface area (Å²) in [5.74, 6) is 1.05. The number of allylic oxidation sites excluding steroid dienone is 2. The van der Waals surface area contributed by atoms with Crippen molar-refractivity contribution >= 4 is 5.91 Å². The number of hydrogen-bond donors (Lipinski definition) is 1. The lowest BCUT2D eigenvalue weighted by atomic mass is 9.70. The summed E-state index contributed by atoms with van der Waals surface area (Å²) in [6, 6.07) is 0. The van der Waals surface area contributed by atoms with Gasteiger partial charge in [0.2, 0.25) is 5.91 Å². The maximum Gasteiger partial charge on any atom is 0.217 e. The van der Waals surface area contributed by atoms with Crippen molar-refractivity contribution in [1.82, 2.24) is 0 Å². The number of primary amides is 1. The van der Waals surface area contributed by atoms with Gasteiger partial charge in [-0.05, 0) is 56.3 Å². The van der Waals surface area contributed by atoms with Crippen LogP contribution in [0, 0.1) is 17.3 Å². The quantitative estimate of drug-likeness (QED) is 0.553. The standard InChI is InChI=1S/C20H37NO/c1-15(8-6-9-16(2)14-19(21)22)11-12-18-17(3)10-7-13-20(18,4)5/h15-16H,6-14H2,1-5H3,(H2,21,22). The Morgan fingerprint density at radius 2 is 1.82 bits per heavy atom. The molecule has 0 radical (unpaired) electrons. The van der Waals surface area contributed by atoms with Gasteiger partial charge in [-0.2, -0.15) is 0 Å². The van der Waals surface area contributed by atoms with Crippen molar-refractivity contribution in [2.24, 2.45) is 23.0 Å². The Bertz CT molecular complexity index is 395. The first-order chi connectivity index (χ1) is 10.2. The van der Waals surface area contributed by atoms with Crippen LogP contribution in [0.2, 0.25) is 0 Å². The molecule has 1 rings (SSSR count). The Kier molecular flexibility index (Phi) is 7.65. The van der Waals surface area contributed by atoms with Crippen LogP contribution in [-0.4, -0.2) is 5.91 Å². The molecule has 2 N–H and O–H groups in total. The van der Waals surface area contributed by atoms with E-state index in [2.05, 4.69) is 34.6 Å². The molecule has 0 saturated carbocycles. The molecule has 2 unspecified atom stereocenters. The normalized spacial score (nSPS) is 20.8. The third kappa shape index (κ3) is 6.54. The predicted octanol–water partition coefficient (Wildman–Crippen LogP) is 5.61. The molecule has 1 amide bonds. The third-order valence-corrected chi connectivity index (χ3v) is 5.52. The summed E-state index contributed by atoms with van der Waals surface area (Å²) in [6.45, 7) is 11.7. The first-order valence-electron chi connectivity index (χ1n) is 9.19. The Morgan fingerprint density at radius 3 is 2.41 bits per heavy atom. The van der Waals surface area contributed by atoms with Crippen LogP contribution in [0.25, 0.3) is 0 Å². The fourth-order valence-corrected chi connectivity index (χ4v) is 4.02. The maximum atomic E-state index is 10.9. The van der Waals surface area contributed by atoms with E-state index in [1.165, 1.54) is 44.9 Å². The highest BCUT2D eigenvalue weighted by Crippen LogP contribution is 2.42. The summed E-state index contributed by atoms with van der Waals surface area (Å²) >= 11 is 0. The summed E-state index contributed by atoms with van der Waals surface area (Å²) in [5.41, 5.74) is 9.05. The average Bonchev–Trinajstić information content (AvgIpc) is 2.36. The number of hydrogen-bond acceptors (Lipinski definition) is 1. The van der Waals surface area contributed by atoms with E-state index in [9.17, 15) is 4.79 Å². The number of carbonyl (C=O) groups is 1. The molecule has 0 fully saturated rings. The molecule has 0 spiro atoms. The lowest BCUT2D eigenvalue weighted by Gasteiger charge is -2.35. The van der Waals surface area contributed by atoms with Crippen LogP contribution in [0.5, 0.6) is 0 Å². The lowest BCUT2D eigenvalue weighted by Crippen LogP contribution is -2.20. The molecule has 0 heterocycles. The highest BCUT2D eigenvalue weighted by Gasteiger charge is 2.28. The second-order valence-electron chi connectivity index (χ2n) is 8.35. The zero-order valence-corrected chi connectivity index (χ0v) is 15.5. The van der Waals surface area contributed by atoms with Crippen LogP contribution < -0.4 is 5.73 Å². The molecule has 0 aromatic carbocycles. The zero-order chi connectivity index (χ0) is 16.8. The number of amides is 1. The SMILES string of the molecule is CC1=C(CCC(C)CCCC(C)CC(N)=O)C(C)(C)CCC1. The van der Waals surface area contributed by atoms with Crippen molar-refractivity contribution in [3.05, 3.63) is 11.1 Å². The van der Waals surface area contributed by atoms with Crippen LogP contribution in [0.15, 0.2) is 11.1 Å². The van der Waals surface area contributed by atoms with E-state index in [0.717, 1.165) is 12.3 Å². The molecular weight excluding hydrogens is 270 g/mol. The Hall–Kier alpha value is -0.790. The zero-order valence-electron chi connectivity index (χ0n) is 15.5. The summed E-state index contributed by atoms with van der Waals surface area (Å²) in [5, 5.41) is 0. The van der Waals surface area contributed by atoms with Crippen molar-refractivity contribution in [3.8, 4) is 0 Å². The monoisotopic (exact) mass is 307 g/mol. The third-order valence-electron chi connectivity index (χ3n) is 5.52. The number of nitrogens with two attached hydrogens (primary N) is 1. The predicted molar refractivity (Wildman–Crippen MR) is 95.6 cm³/mol. The van der Waals surface area contributed by atoms with Gasteiger partial charge in [0.1, 0.15) is 0 Å². The van der Waals surface area contributed by atoms with Gasteiger partial charge in [-0.1, -0.05) is 58.1 Å². The summed E-state index contributed by atoms with van der Waals surface area (Å²) in [6.07, 6.45) is 10.7. The van der Waals surface area contributed by atoms with Crippen LogP contribution in [0.1, 0.15) is 92.4 Å². The van der Waals surface area contributed by atoms with Crippen LogP contribution in [-0.2, 0) is 4.79 Å². The van der Waals surface area contributed by atoms with E-state index in [1.807, 2.05) is 0 Å². The molecule has 0 aromatic heterocycles. The van der Waals surface area contributed by atoms with Gasteiger partial charge in [0.15, 0.2) is 0 Å². The van der Waals surface area contributed by atoms with E-state index in [1.54, 1.807) is 11.1 Å². The largest absolute Gasteiger partial charge is 0.370 e. The fraction of sp³-hybridized carbons (Fsp3) is 0.850. The van der Waals surface area contributed by atoms with Gasteiger partial charge in [0.05, 0.1) is 0 Å². The highest BCUT2D eigenvalue weighted by atomic mass is 16.1. The fourth-order valence-electron chi connectivity index (χ4n) is 4.02. The van der Waals surface area contributed by atoms with Gasteiger partial charge in [0, 0.05) is 6.42 Å². The second-order valence-corrected chi connectivity index (χ2v) is 8.35. The Balaban J connectivity index is 2.31. The Labute approximate surface area is 137 Å². The van der Waals surface area contributed by atoms with Gasteiger partial charge in [-0.15, -0.1) is 0 Å². The van der Waals surface area contributed by atoms with Crippen LogP contribution in [0.3, 0.4) is 0 Å². The molecule has 1 aliphatic rings. The van der Waals surface area contributed by atoms with Gasteiger partial charge in [-0.25, -0.2) is 0 Å². The molecule has 0 saturated heterocycles. The van der Waals surface area contributed by atoms with Crippen molar-refractivity contribution in [2.75, 3.05) is 0 Å². The highest BCUT2D eigenvalue weighted by molar-refractivity contribution is 5.73. The molecule has 2 heteroatoms. The molecule has 22 heavy (non-hydrogen) atoms. The van der Waals surface area contributed by atoms with Crippen molar-refractivity contribution in [1.29, 1.82) is 0 Å². The molecule has 128 valence electrons. The maximum absolute atomic E-state index is 10.9. The first-order valence-corrected chi connectivity index (χ1v) is 9.19. The average molecular weight is 308 g/mol. The molecule has 2 atom stereocenters. The van der Waals surface area contributed by atoms with Gasteiger partial charge < -0.3 is 5.73 Å². The summed E-state index contributed by atoms with van der Waals surface area (Å²) in [4.78, 5) is 10.9. The minimum absolute atomic E-state index is 0.164. The summed E-state index contributed by atoms with van der Waals surface area (Å²) in [7, 11) is 0. The molecule has 0 aliphatic heterocycles. The topological polar surface area (TPSA) is 43.1 Å². The molecular formula is C20H37NO. The minimum atomic E-state index is -0.164. The van der Waals surface area contributed by atoms with Crippen molar-refractivity contribution in [2.45, 2.75) is 92.4 Å². The van der Waals surface area contributed by atoms with E-state index in [0.29, 0.717) is 17.8 Å². The molecule has 1 aliphatic carbocycles. The van der Waals surface area contributed by atoms with Crippen molar-refractivity contribution < 1.29 is 4.79 Å². The number of carbonyl (C=O) groups excluding carboxylic acids is 1. The smallest absolute Gasteiger partial charge is 0.217 e. The minimum Gasteiger partial charge on any atom is -0.370 e. The van der Waals surface area contributed by atoms with Crippen molar-refractivity contribution in [3.63, 3.8) is 0 Å². The second kappa shape index (κ2) is 8.74. The number of rotatable bonds is 9. The van der Waals surface area contributed by atoms with Gasteiger partial charge >= 0.3 is 0 Å². The first kappa shape index (κ1) is 19.3. The Morgan fingerprint density at radius 1 is 1.18 bits per heavy atom. The van der Waals surface area contributed by atoms with Gasteiger partial charge in [-0.3, -0.25) is 4.79 Å². The van der Waals surface area contributed by atoms with E-state index in [4.69, 9.17) is 5.73 Å². The molecule has 0 aromatic rings. The van der Waals surface area contributed by atoms with E-state index >= 15 is 0 Å². The summed E-state index contributed by atoms with van der Waals surface area (Å²) < 4.78 is 0.